The summed E-state index contributed by atoms with van der Waals surface area (Å²) in [7, 11) is 0. The summed E-state index contributed by atoms with van der Waals surface area (Å²) < 4.78 is 0. The van der Waals surface area contributed by atoms with Crippen LogP contribution in [-0.4, -0.2) is 15.8 Å². The van der Waals surface area contributed by atoms with Crippen LogP contribution < -0.4 is 11.1 Å². The fourth-order valence-corrected chi connectivity index (χ4v) is 1.72. The smallest absolute Gasteiger partial charge is 0.274 e. The fourth-order valence-electron chi connectivity index (χ4n) is 1.72. The predicted molar refractivity (Wildman–Crippen MR) is 72.9 cm³/mol. The van der Waals surface area contributed by atoms with Gasteiger partial charge >= 0.3 is 0 Å². The van der Waals surface area contributed by atoms with Gasteiger partial charge in [0, 0.05) is 24.4 Å². The number of nitrogens with one attached hydrogen (secondary N) is 1. The third-order valence-electron chi connectivity index (χ3n) is 2.72. The van der Waals surface area contributed by atoms with Crippen LogP contribution in [0.2, 0.25) is 0 Å². The SMILES string of the molecule is Nc1cnccc1C(=O)NCc1ccccc1[N+](=O)[O-]. The van der Waals surface area contributed by atoms with Gasteiger partial charge in [0.25, 0.3) is 11.6 Å². The minimum absolute atomic E-state index is 0.0319. The number of nitrogens with zero attached hydrogens (tertiary/aromatic N) is 2. The number of nitrogens with two attached hydrogens (primary N) is 1. The zero-order valence-corrected chi connectivity index (χ0v) is 10.4. The first-order chi connectivity index (χ1) is 9.59. The fraction of sp³-hybridized carbons (Fsp3) is 0.0769. The first-order valence-electron chi connectivity index (χ1n) is 5.79. The van der Waals surface area contributed by atoms with Crippen molar-refractivity contribution >= 4 is 17.3 Å². The Morgan fingerprint density at radius 2 is 2.10 bits per heavy atom. The van der Waals surface area contributed by atoms with Gasteiger partial charge in [-0.2, -0.15) is 0 Å². The first-order valence-corrected chi connectivity index (χ1v) is 5.79. The van der Waals surface area contributed by atoms with Crippen molar-refractivity contribution < 1.29 is 9.72 Å². The highest BCUT2D eigenvalue weighted by atomic mass is 16.6. The lowest BCUT2D eigenvalue weighted by atomic mass is 10.1. The van der Waals surface area contributed by atoms with Crippen LogP contribution >= 0.6 is 0 Å². The molecule has 7 heteroatoms. The Kier molecular flexibility index (Phi) is 3.90. The van der Waals surface area contributed by atoms with Crippen LogP contribution in [0.3, 0.4) is 0 Å². The molecule has 1 amide bonds. The van der Waals surface area contributed by atoms with Gasteiger partial charge in [0.2, 0.25) is 0 Å². The molecular formula is C13H12N4O3. The number of carbonyl (C=O) groups is 1. The molecule has 0 bridgehead atoms. The molecule has 0 radical (unpaired) electrons. The van der Waals surface area contributed by atoms with E-state index in [0.717, 1.165) is 0 Å². The van der Waals surface area contributed by atoms with Crippen LogP contribution in [0.5, 0.6) is 0 Å². The Morgan fingerprint density at radius 3 is 2.80 bits per heavy atom. The maximum atomic E-state index is 11.9. The second-order valence-corrected chi connectivity index (χ2v) is 4.03. The molecule has 1 aromatic heterocycles. The lowest BCUT2D eigenvalue weighted by Crippen LogP contribution is -2.24. The van der Waals surface area contributed by atoms with E-state index < -0.39 is 10.8 Å². The average molecular weight is 272 g/mol. The van der Waals surface area contributed by atoms with Crippen molar-refractivity contribution in [2.45, 2.75) is 6.54 Å². The number of hydrogen-bond donors (Lipinski definition) is 2. The Labute approximate surface area is 114 Å². The van der Waals surface area contributed by atoms with Gasteiger partial charge in [-0.05, 0) is 6.07 Å². The number of amides is 1. The highest BCUT2D eigenvalue weighted by Gasteiger charge is 2.14. The predicted octanol–water partition coefficient (Wildman–Crippen LogP) is 1.50. The van der Waals surface area contributed by atoms with Crippen molar-refractivity contribution in [3.63, 3.8) is 0 Å². The largest absolute Gasteiger partial charge is 0.397 e. The normalized spacial score (nSPS) is 10.0. The second kappa shape index (κ2) is 5.79. The van der Waals surface area contributed by atoms with Crippen molar-refractivity contribution in [1.82, 2.24) is 10.3 Å². The van der Waals surface area contributed by atoms with E-state index in [1.807, 2.05) is 0 Å². The van der Waals surface area contributed by atoms with E-state index in [1.54, 1.807) is 18.2 Å². The van der Waals surface area contributed by atoms with E-state index in [-0.39, 0.29) is 17.9 Å². The number of nitrogen functional groups attached to an aromatic ring is 1. The number of para-hydroxylation sites is 1. The van der Waals surface area contributed by atoms with Crippen LogP contribution in [0, 0.1) is 10.1 Å². The number of anilines is 1. The Hall–Kier alpha value is -2.96. The van der Waals surface area contributed by atoms with Crippen molar-refractivity contribution in [1.29, 1.82) is 0 Å². The number of aromatic nitrogens is 1. The number of nitro groups is 1. The zero-order valence-electron chi connectivity index (χ0n) is 10.4. The van der Waals surface area contributed by atoms with Gasteiger partial charge in [0.1, 0.15) is 0 Å². The molecule has 0 aliphatic heterocycles. The molecule has 0 atom stereocenters. The van der Waals surface area contributed by atoms with E-state index in [0.29, 0.717) is 11.1 Å². The molecule has 102 valence electrons. The standard InChI is InChI=1S/C13H12N4O3/c14-11-8-15-6-5-10(11)13(18)16-7-9-3-1-2-4-12(9)17(19)20/h1-6,8H,7,14H2,(H,16,18). The summed E-state index contributed by atoms with van der Waals surface area (Å²) in [5, 5.41) is 13.5. The molecule has 3 N–H and O–H groups in total. The number of hydrogen-bond acceptors (Lipinski definition) is 5. The number of benzene rings is 1. The van der Waals surface area contributed by atoms with Crippen LogP contribution in [-0.2, 0) is 6.54 Å². The number of carbonyl (C=O) groups excluding carboxylic acids is 1. The van der Waals surface area contributed by atoms with E-state index in [2.05, 4.69) is 10.3 Å². The molecule has 0 spiro atoms. The maximum Gasteiger partial charge on any atom is 0.274 e. The summed E-state index contributed by atoms with van der Waals surface area (Å²) in [6.07, 6.45) is 2.83. The van der Waals surface area contributed by atoms with E-state index in [4.69, 9.17) is 5.73 Å². The molecule has 0 unspecified atom stereocenters. The molecule has 2 rings (SSSR count). The molecule has 7 nitrogen and oxygen atoms in total. The summed E-state index contributed by atoms with van der Waals surface area (Å²) in [5.74, 6) is -0.400. The van der Waals surface area contributed by atoms with Gasteiger partial charge < -0.3 is 11.1 Å². The van der Waals surface area contributed by atoms with Gasteiger partial charge in [-0.15, -0.1) is 0 Å². The monoisotopic (exact) mass is 272 g/mol. The molecule has 0 saturated carbocycles. The molecule has 0 fully saturated rings. The van der Waals surface area contributed by atoms with E-state index in [1.165, 1.54) is 24.5 Å². The van der Waals surface area contributed by atoms with Gasteiger partial charge in [0.05, 0.1) is 22.4 Å². The number of rotatable bonds is 4. The topological polar surface area (TPSA) is 111 Å². The molecule has 0 aliphatic rings. The third-order valence-corrected chi connectivity index (χ3v) is 2.72. The highest BCUT2D eigenvalue weighted by molar-refractivity contribution is 5.98. The quantitative estimate of drug-likeness (QED) is 0.647. The summed E-state index contributed by atoms with van der Waals surface area (Å²) in [6, 6.07) is 7.72. The van der Waals surface area contributed by atoms with E-state index in [9.17, 15) is 14.9 Å². The van der Waals surface area contributed by atoms with Crippen molar-refractivity contribution in [2.75, 3.05) is 5.73 Å². The van der Waals surface area contributed by atoms with Crippen molar-refractivity contribution in [3.8, 4) is 0 Å². The second-order valence-electron chi connectivity index (χ2n) is 4.03. The maximum absolute atomic E-state index is 11.9. The minimum atomic E-state index is -0.484. The zero-order chi connectivity index (χ0) is 14.5. The highest BCUT2D eigenvalue weighted by Crippen LogP contribution is 2.17. The number of pyridine rings is 1. The van der Waals surface area contributed by atoms with Crippen LogP contribution in [0.25, 0.3) is 0 Å². The molecular weight excluding hydrogens is 260 g/mol. The summed E-state index contributed by atoms with van der Waals surface area (Å²) in [5.41, 5.74) is 6.58. The molecule has 0 aliphatic carbocycles. The van der Waals surface area contributed by atoms with Gasteiger partial charge in [-0.1, -0.05) is 18.2 Å². The minimum Gasteiger partial charge on any atom is -0.397 e. The van der Waals surface area contributed by atoms with Crippen LogP contribution in [0.1, 0.15) is 15.9 Å². The number of nitro benzene ring substituents is 1. The van der Waals surface area contributed by atoms with Gasteiger partial charge in [-0.3, -0.25) is 19.9 Å². The lowest BCUT2D eigenvalue weighted by molar-refractivity contribution is -0.385. The Morgan fingerprint density at radius 1 is 1.35 bits per heavy atom. The van der Waals surface area contributed by atoms with Crippen molar-refractivity contribution in [2.24, 2.45) is 0 Å². The molecule has 1 aromatic carbocycles. The van der Waals surface area contributed by atoms with Crippen molar-refractivity contribution in [3.05, 3.63) is 64.0 Å². The van der Waals surface area contributed by atoms with E-state index >= 15 is 0 Å². The average Bonchev–Trinajstić information content (AvgIpc) is 2.45. The lowest BCUT2D eigenvalue weighted by Gasteiger charge is -2.07. The Balaban J connectivity index is 2.12. The molecule has 0 saturated heterocycles. The summed E-state index contributed by atoms with van der Waals surface area (Å²) in [6.45, 7) is 0.0533. The summed E-state index contributed by atoms with van der Waals surface area (Å²) in [4.78, 5) is 26.1. The summed E-state index contributed by atoms with van der Waals surface area (Å²) >= 11 is 0. The first kappa shape index (κ1) is 13.5. The Bertz CT molecular complexity index is 658. The molecule has 2 aromatic rings. The van der Waals surface area contributed by atoms with Gasteiger partial charge in [-0.25, -0.2) is 0 Å². The van der Waals surface area contributed by atoms with Crippen LogP contribution in [0.4, 0.5) is 11.4 Å². The van der Waals surface area contributed by atoms with Crippen LogP contribution in [0.15, 0.2) is 42.7 Å². The van der Waals surface area contributed by atoms with Gasteiger partial charge in [0.15, 0.2) is 0 Å². The molecule has 20 heavy (non-hydrogen) atoms. The molecule has 1 heterocycles. The third kappa shape index (κ3) is 2.89.